The molecule has 1 aromatic carbocycles. The molecule has 0 spiro atoms. The molecule has 1 aliphatic rings. The fourth-order valence-corrected chi connectivity index (χ4v) is 2.23. The van der Waals surface area contributed by atoms with Crippen molar-refractivity contribution in [1.29, 1.82) is 0 Å². The third-order valence-electron chi connectivity index (χ3n) is 3.35. The van der Waals surface area contributed by atoms with Crippen molar-refractivity contribution in [3.63, 3.8) is 0 Å². The highest BCUT2D eigenvalue weighted by Gasteiger charge is 2.17. The molecule has 1 atom stereocenters. The first-order chi connectivity index (χ1) is 9.69. The molecule has 0 aromatic heterocycles. The highest BCUT2D eigenvalue weighted by molar-refractivity contribution is 5.43. The zero-order valence-corrected chi connectivity index (χ0v) is 12.6. The molecule has 0 saturated carbocycles. The number of methoxy groups -OCH3 is 1. The van der Waals surface area contributed by atoms with Crippen LogP contribution in [-0.4, -0.2) is 32.5 Å². The van der Waals surface area contributed by atoms with Crippen LogP contribution >= 0.6 is 0 Å². The second kappa shape index (κ2) is 7.50. The van der Waals surface area contributed by atoms with Gasteiger partial charge in [-0.15, -0.1) is 0 Å². The topological polar surface area (TPSA) is 39.7 Å². The van der Waals surface area contributed by atoms with Crippen LogP contribution in [0.25, 0.3) is 0 Å². The van der Waals surface area contributed by atoms with Crippen LogP contribution in [0.15, 0.2) is 18.2 Å². The van der Waals surface area contributed by atoms with E-state index in [1.807, 2.05) is 6.07 Å². The summed E-state index contributed by atoms with van der Waals surface area (Å²) >= 11 is 0. The van der Waals surface area contributed by atoms with Crippen LogP contribution in [0.5, 0.6) is 11.5 Å². The summed E-state index contributed by atoms with van der Waals surface area (Å²) in [4.78, 5) is 0. The Bertz CT molecular complexity index is 414. The van der Waals surface area contributed by atoms with Gasteiger partial charge in [0, 0.05) is 19.2 Å². The number of ether oxygens (including phenoxy) is 3. The molecule has 1 unspecified atom stereocenters. The highest BCUT2D eigenvalue weighted by atomic mass is 16.5. The molecule has 0 amide bonds. The lowest BCUT2D eigenvalue weighted by molar-refractivity contribution is 0.00641. The molecule has 0 aliphatic carbocycles. The van der Waals surface area contributed by atoms with E-state index in [0.29, 0.717) is 12.6 Å². The minimum absolute atomic E-state index is 0.131. The van der Waals surface area contributed by atoms with Crippen molar-refractivity contribution in [1.82, 2.24) is 5.32 Å². The van der Waals surface area contributed by atoms with Crippen LogP contribution in [0, 0.1) is 0 Å². The van der Waals surface area contributed by atoms with Crippen LogP contribution < -0.4 is 14.8 Å². The first kappa shape index (κ1) is 15.1. The van der Waals surface area contributed by atoms with Crippen LogP contribution in [0.2, 0.25) is 0 Å². The minimum Gasteiger partial charge on any atom is -0.493 e. The fraction of sp³-hybridized carbons (Fsp3) is 0.625. The molecule has 1 aromatic rings. The van der Waals surface area contributed by atoms with Crippen molar-refractivity contribution >= 4 is 0 Å². The van der Waals surface area contributed by atoms with Crippen molar-refractivity contribution in [2.24, 2.45) is 0 Å². The van der Waals surface area contributed by atoms with Crippen LogP contribution in [0.4, 0.5) is 0 Å². The van der Waals surface area contributed by atoms with Gasteiger partial charge in [0.05, 0.1) is 13.7 Å². The quantitative estimate of drug-likeness (QED) is 0.869. The molecule has 0 bridgehead atoms. The largest absolute Gasteiger partial charge is 0.493 e. The lowest BCUT2D eigenvalue weighted by Gasteiger charge is -2.24. The number of hydrogen-bond donors (Lipinski definition) is 1. The van der Waals surface area contributed by atoms with Gasteiger partial charge in [-0.1, -0.05) is 19.9 Å². The first-order valence-corrected chi connectivity index (χ1v) is 7.33. The van der Waals surface area contributed by atoms with Gasteiger partial charge in [-0.05, 0) is 30.5 Å². The third-order valence-corrected chi connectivity index (χ3v) is 3.35. The Morgan fingerprint density at radius 1 is 1.35 bits per heavy atom. The van der Waals surface area contributed by atoms with E-state index in [0.717, 1.165) is 37.5 Å². The predicted octanol–water partition coefficient (Wildman–Crippen LogP) is 2.75. The smallest absolute Gasteiger partial charge is 0.162 e. The van der Waals surface area contributed by atoms with Crippen molar-refractivity contribution in [3.8, 4) is 11.5 Å². The molecular formula is C16H25NO3. The second-order valence-corrected chi connectivity index (χ2v) is 5.48. The fourth-order valence-electron chi connectivity index (χ4n) is 2.23. The maximum Gasteiger partial charge on any atom is 0.162 e. The summed E-state index contributed by atoms with van der Waals surface area (Å²) < 4.78 is 16.9. The molecule has 20 heavy (non-hydrogen) atoms. The standard InChI is InChI=1S/C16H25NO3/c1-12(2)17-10-13-6-7-15(18-3)16(9-13)20-14-5-4-8-19-11-14/h6-7,9,12,14,17H,4-5,8,10-11H2,1-3H3. The van der Waals surface area contributed by atoms with Crippen molar-refractivity contribution in [2.75, 3.05) is 20.3 Å². The van der Waals surface area contributed by atoms with Gasteiger partial charge in [-0.2, -0.15) is 0 Å². The van der Waals surface area contributed by atoms with Crippen LogP contribution in [-0.2, 0) is 11.3 Å². The van der Waals surface area contributed by atoms with Gasteiger partial charge in [-0.25, -0.2) is 0 Å². The van der Waals surface area contributed by atoms with Crippen LogP contribution in [0.1, 0.15) is 32.3 Å². The summed E-state index contributed by atoms with van der Waals surface area (Å²) in [5.74, 6) is 1.59. The Hall–Kier alpha value is -1.26. The van der Waals surface area contributed by atoms with E-state index >= 15 is 0 Å². The maximum absolute atomic E-state index is 6.05. The number of rotatable bonds is 6. The van der Waals surface area contributed by atoms with Gasteiger partial charge in [-0.3, -0.25) is 0 Å². The summed E-state index contributed by atoms with van der Waals surface area (Å²) in [7, 11) is 1.67. The van der Waals surface area contributed by atoms with E-state index < -0.39 is 0 Å². The molecule has 2 rings (SSSR count). The molecule has 112 valence electrons. The van der Waals surface area contributed by atoms with Gasteiger partial charge in [0.1, 0.15) is 6.10 Å². The zero-order chi connectivity index (χ0) is 14.4. The summed E-state index contributed by atoms with van der Waals surface area (Å²) in [6.07, 6.45) is 2.23. The molecule has 1 saturated heterocycles. The third kappa shape index (κ3) is 4.39. The molecule has 1 N–H and O–H groups in total. The summed E-state index contributed by atoms with van der Waals surface area (Å²) in [5, 5.41) is 3.41. The average Bonchev–Trinajstić information content (AvgIpc) is 2.46. The molecule has 1 fully saturated rings. The van der Waals surface area contributed by atoms with E-state index in [1.54, 1.807) is 7.11 Å². The van der Waals surface area contributed by atoms with Gasteiger partial charge < -0.3 is 19.5 Å². The normalized spacial score (nSPS) is 19.1. The zero-order valence-electron chi connectivity index (χ0n) is 12.6. The number of nitrogens with one attached hydrogen (secondary N) is 1. The molecule has 1 aliphatic heterocycles. The SMILES string of the molecule is COc1ccc(CNC(C)C)cc1OC1CCCOC1. The molecule has 0 radical (unpaired) electrons. The van der Waals surface area contributed by atoms with Crippen molar-refractivity contribution < 1.29 is 14.2 Å². The number of hydrogen-bond acceptors (Lipinski definition) is 4. The van der Waals surface area contributed by atoms with E-state index in [2.05, 4.69) is 31.3 Å². The van der Waals surface area contributed by atoms with E-state index in [-0.39, 0.29) is 6.10 Å². The Morgan fingerprint density at radius 3 is 2.85 bits per heavy atom. The van der Waals surface area contributed by atoms with Crippen LogP contribution in [0.3, 0.4) is 0 Å². The molecular weight excluding hydrogens is 254 g/mol. The Morgan fingerprint density at radius 2 is 2.20 bits per heavy atom. The summed E-state index contributed by atoms with van der Waals surface area (Å²) in [6, 6.07) is 6.56. The van der Waals surface area contributed by atoms with Gasteiger partial charge >= 0.3 is 0 Å². The second-order valence-electron chi connectivity index (χ2n) is 5.48. The number of benzene rings is 1. The van der Waals surface area contributed by atoms with Crippen molar-refractivity contribution in [3.05, 3.63) is 23.8 Å². The highest BCUT2D eigenvalue weighted by Crippen LogP contribution is 2.30. The van der Waals surface area contributed by atoms with Gasteiger partial charge in [0.15, 0.2) is 11.5 Å². The Balaban J connectivity index is 2.05. The summed E-state index contributed by atoms with van der Waals surface area (Å²) in [5.41, 5.74) is 1.20. The lowest BCUT2D eigenvalue weighted by Crippen LogP contribution is -2.28. The minimum atomic E-state index is 0.131. The molecule has 4 heteroatoms. The van der Waals surface area contributed by atoms with E-state index in [1.165, 1.54) is 5.56 Å². The Labute approximate surface area is 121 Å². The van der Waals surface area contributed by atoms with E-state index in [9.17, 15) is 0 Å². The van der Waals surface area contributed by atoms with Gasteiger partial charge in [0.25, 0.3) is 0 Å². The molecule has 4 nitrogen and oxygen atoms in total. The summed E-state index contributed by atoms with van der Waals surface area (Å²) in [6.45, 7) is 6.62. The van der Waals surface area contributed by atoms with Crippen molar-refractivity contribution in [2.45, 2.75) is 45.4 Å². The van der Waals surface area contributed by atoms with Gasteiger partial charge in [0.2, 0.25) is 0 Å². The Kier molecular flexibility index (Phi) is 5.68. The van der Waals surface area contributed by atoms with E-state index in [4.69, 9.17) is 14.2 Å². The first-order valence-electron chi connectivity index (χ1n) is 7.33. The maximum atomic E-state index is 6.05. The monoisotopic (exact) mass is 279 g/mol. The lowest BCUT2D eigenvalue weighted by atomic mass is 10.1. The molecule has 1 heterocycles. The predicted molar refractivity (Wildman–Crippen MR) is 79.4 cm³/mol. The average molecular weight is 279 g/mol.